The molecule has 3 aliphatic rings. The van der Waals surface area contributed by atoms with Crippen molar-refractivity contribution in [2.45, 2.75) is 31.0 Å². The van der Waals surface area contributed by atoms with Gasteiger partial charge in [-0.1, -0.05) is 47.5 Å². The first-order valence-corrected chi connectivity index (χ1v) is 10.1. The third-order valence-electron chi connectivity index (χ3n) is 5.93. The number of likely N-dealkylation sites (tertiary alicyclic amines) is 1. The zero-order valence-electron chi connectivity index (χ0n) is 15.2. The van der Waals surface area contributed by atoms with E-state index in [0.29, 0.717) is 10.0 Å². The van der Waals surface area contributed by atoms with Crippen LogP contribution in [0.2, 0.25) is 10.0 Å². The van der Waals surface area contributed by atoms with Crippen LogP contribution in [-0.2, 0) is 0 Å². The van der Waals surface area contributed by atoms with Crippen LogP contribution in [0.3, 0.4) is 0 Å². The summed E-state index contributed by atoms with van der Waals surface area (Å²) in [6.45, 7) is 2.01. The van der Waals surface area contributed by atoms with E-state index in [0.717, 1.165) is 49.4 Å². The van der Waals surface area contributed by atoms with E-state index in [2.05, 4.69) is 35.2 Å². The first kappa shape index (κ1) is 17.4. The van der Waals surface area contributed by atoms with E-state index >= 15 is 0 Å². The molecule has 0 aliphatic carbocycles. The van der Waals surface area contributed by atoms with Crippen LogP contribution in [0.15, 0.2) is 47.6 Å². The zero-order valence-corrected chi connectivity index (χ0v) is 16.7. The van der Waals surface area contributed by atoms with Crippen molar-refractivity contribution >= 4 is 28.9 Å². The lowest BCUT2D eigenvalue weighted by molar-refractivity contribution is -0.147. The first-order chi connectivity index (χ1) is 13.1. The minimum absolute atomic E-state index is 0.197. The number of hydrogen-bond donors (Lipinski definition) is 0. The van der Waals surface area contributed by atoms with Crippen molar-refractivity contribution in [1.82, 2.24) is 9.91 Å². The van der Waals surface area contributed by atoms with Crippen molar-refractivity contribution in [3.63, 3.8) is 0 Å². The van der Waals surface area contributed by atoms with Gasteiger partial charge in [-0.25, -0.2) is 5.01 Å². The number of rotatable bonds is 1. The molecule has 27 heavy (non-hydrogen) atoms. The molecule has 0 N–H and O–H groups in total. The van der Waals surface area contributed by atoms with Gasteiger partial charge in [-0.3, -0.25) is 0 Å². The molecule has 1 atom stereocenters. The number of benzene rings is 2. The maximum absolute atomic E-state index is 6.59. The first-order valence-electron chi connectivity index (χ1n) is 9.34. The highest BCUT2D eigenvalue weighted by molar-refractivity contribution is 6.42. The van der Waals surface area contributed by atoms with Gasteiger partial charge in [0.2, 0.25) is 5.72 Å². The Hall–Kier alpha value is -1.75. The maximum Gasteiger partial charge on any atom is 0.200 e. The molecular formula is C21H21Cl2N3O. The topological polar surface area (TPSA) is 28.1 Å². The monoisotopic (exact) mass is 401 g/mol. The summed E-state index contributed by atoms with van der Waals surface area (Å²) >= 11 is 12.4. The summed E-state index contributed by atoms with van der Waals surface area (Å²) in [7, 11) is 2.16. The second-order valence-electron chi connectivity index (χ2n) is 7.63. The minimum Gasteiger partial charge on any atom is -0.466 e. The summed E-state index contributed by atoms with van der Waals surface area (Å²) < 4.78 is 6.59. The summed E-state index contributed by atoms with van der Waals surface area (Å²) in [6.07, 6.45) is 2.72. The van der Waals surface area contributed by atoms with Gasteiger partial charge in [-0.2, -0.15) is 5.10 Å². The molecule has 2 aromatic rings. The average molecular weight is 402 g/mol. The Labute approximate surface area is 169 Å². The summed E-state index contributed by atoms with van der Waals surface area (Å²) in [5.74, 6) is 0.994. The summed E-state index contributed by atoms with van der Waals surface area (Å²) in [5, 5.41) is 8.41. The highest BCUT2D eigenvalue weighted by atomic mass is 35.5. The molecule has 2 aromatic carbocycles. The molecule has 140 valence electrons. The van der Waals surface area contributed by atoms with E-state index in [1.807, 2.05) is 24.3 Å². The van der Waals surface area contributed by atoms with Crippen LogP contribution in [0, 0.1) is 0 Å². The summed E-state index contributed by atoms with van der Waals surface area (Å²) in [4.78, 5) is 2.35. The number of halogens is 2. The second kappa shape index (κ2) is 6.40. The quantitative estimate of drug-likeness (QED) is 0.675. The van der Waals surface area contributed by atoms with E-state index in [4.69, 9.17) is 33.0 Å². The van der Waals surface area contributed by atoms with Gasteiger partial charge < -0.3 is 9.64 Å². The Morgan fingerprint density at radius 1 is 1.07 bits per heavy atom. The van der Waals surface area contributed by atoms with Crippen LogP contribution in [0.4, 0.5) is 0 Å². The Bertz CT molecular complexity index is 921. The zero-order chi connectivity index (χ0) is 18.6. The second-order valence-corrected chi connectivity index (χ2v) is 8.44. The number of ether oxygens (including phenoxy) is 1. The molecule has 0 aromatic heterocycles. The molecule has 3 heterocycles. The molecule has 0 amide bonds. The van der Waals surface area contributed by atoms with Crippen LogP contribution in [0.1, 0.15) is 36.4 Å². The molecule has 4 nitrogen and oxygen atoms in total. The number of fused-ring (bicyclic) bond motifs is 4. The average Bonchev–Trinajstić information content (AvgIpc) is 3.13. The van der Waals surface area contributed by atoms with Crippen LogP contribution in [0.25, 0.3) is 0 Å². The van der Waals surface area contributed by atoms with Gasteiger partial charge in [-0.05, 0) is 30.8 Å². The fourth-order valence-electron chi connectivity index (χ4n) is 4.38. The molecule has 1 fully saturated rings. The van der Waals surface area contributed by atoms with Crippen molar-refractivity contribution in [2.75, 3.05) is 20.1 Å². The van der Waals surface area contributed by atoms with Crippen LogP contribution in [0.5, 0.6) is 5.75 Å². The van der Waals surface area contributed by atoms with E-state index in [9.17, 15) is 0 Å². The van der Waals surface area contributed by atoms with Crippen molar-refractivity contribution in [2.24, 2.45) is 5.10 Å². The van der Waals surface area contributed by atoms with Crippen LogP contribution >= 0.6 is 23.2 Å². The molecule has 5 rings (SSSR count). The Morgan fingerprint density at radius 3 is 2.63 bits per heavy atom. The lowest BCUT2D eigenvalue weighted by atomic mass is 9.91. The Morgan fingerprint density at radius 2 is 1.85 bits per heavy atom. The van der Waals surface area contributed by atoms with Crippen molar-refractivity contribution < 1.29 is 4.74 Å². The number of piperidine rings is 1. The van der Waals surface area contributed by atoms with E-state index in [1.54, 1.807) is 0 Å². The number of nitrogens with zero attached hydrogens (tertiary/aromatic N) is 3. The Balaban J connectivity index is 1.58. The molecule has 0 bridgehead atoms. The number of para-hydroxylation sites is 1. The fourth-order valence-corrected chi connectivity index (χ4v) is 4.68. The highest BCUT2D eigenvalue weighted by Gasteiger charge is 2.51. The molecule has 1 spiro atoms. The van der Waals surface area contributed by atoms with Gasteiger partial charge in [0.15, 0.2) is 0 Å². The van der Waals surface area contributed by atoms with Crippen LogP contribution < -0.4 is 4.74 Å². The maximum atomic E-state index is 6.59. The van der Waals surface area contributed by atoms with E-state index in [1.165, 1.54) is 5.56 Å². The molecule has 0 radical (unpaired) electrons. The van der Waals surface area contributed by atoms with Crippen molar-refractivity contribution in [1.29, 1.82) is 0 Å². The van der Waals surface area contributed by atoms with Crippen molar-refractivity contribution in [3.8, 4) is 5.75 Å². The highest BCUT2D eigenvalue weighted by Crippen LogP contribution is 2.49. The lowest BCUT2D eigenvalue weighted by Gasteiger charge is -2.50. The molecule has 6 heteroatoms. The predicted molar refractivity (Wildman–Crippen MR) is 109 cm³/mol. The normalized spacial score (nSPS) is 23.6. The fraction of sp³-hybridized carbons (Fsp3) is 0.381. The number of hydrazone groups is 1. The molecule has 1 saturated heterocycles. The van der Waals surface area contributed by atoms with Gasteiger partial charge >= 0.3 is 0 Å². The Kier molecular flexibility index (Phi) is 4.12. The predicted octanol–water partition coefficient (Wildman–Crippen LogP) is 4.96. The van der Waals surface area contributed by atoms with Gasteiger partial charge in [-0.15, -0.1) is 0 Å². The van der Waals surface area contributed by atoms with E-state index in [-0.39, 0.29) is 11.8 Å². The third-order valence-corrected chi connectivity index (χ3v) is 6.67. The lowest BCUT2D eigenvalue weighted by Crippen LogP contribution is -2.58. The van der Waals surface area contributed by atoms with Gasteiger partial charge in [0.25, 0.3) is 0 Å². The van der Waals surface area contributed by atoms with Gasteiger partial charge in [0.05, 0.1) is 21.8 Å². The van der Waals surface area contributed by atoms with E-state index < -0.39 is 0 Å². The summed E-state index contributed by atoms with van der Waals surface area (Å²) in [6, 6.07) is 14.3. The standard InChI is InChI=1S/C21H21Cl2N3O/c1-25-10-8-21(9-11-25)26-19(15-4-2-3-5-20(15)27-21)13-18(24-26)14-6-7-16(22)17(23)12-14/h2-7,12,19H,8-11,13H2,1H3/t19-/m0/s1. The number of hydrogen-bond acceptors (Lipinski definition) is 4. The molecular weight excluding hydrogens is 381 g/mol. The van der Waals surface area contributed by atoms with Crippen molar-refractivity contribution in [3.05, 3.63) is 63.6 Å². The molecule has 0 unspecified atom stereocenters. The SMILES string of the molecule is CN1CCC2(CC1)Oc1ccccc1[C@@H]1CC(c3ccc(Cl)c(Cl)c3)=NN12. The summed E-state index contributed by atoms with van der Waals surface area (Å²) in [5.41, 5.74) is 2.90. The third kappa shape index (κ3) is 2.82. The minimum atomic E-state index is -0.372. The van der Waals surface area contributed by atoms with Gasteiger partial charge in [0, 0.05) is 37.9 Å². The van der Waals surface area contributed by atoms with Crippen LogP contribution in [-0.4, -0.2) is 41.5 Å². The smallest absolute Gasteiger partial charge is 0.200 e. The molecule has 0 saturated carbocycles. The largest absolute Gasteiger partial charge is 0.466 e. The van der Waals surface area contributed by atoms with Gasteiger partial charge in [0.1, 0.15) is 5.75 Å². The molecule has 3 aliphatic heterocycles.